The molecule has 1 heterocycles. The zero-order valence-electron chi connectivity index (χ0n) is 19.5. The number of ether oxygens (including phenoxy) is 1. The number of anilines is 2. The van der Waals surface area contributed by atoms with Crippen molar-refractivity contribution in [3.05, 3.63) is 96.3 Å². The number of nitrogens with two attached hydrogens (primary N) is 1. The predicted molar refractivity (Wildman–Crippen MR) is 136 cm³/mol. The lowest BCUT2D eigenvalue weighted by molar-refractivity contribution is 0.0566. The van der Waals surface area contributed by atoms with Gasteiger partial charge in [0.25, 0.3) is 0 Å². The van der Waals surface area contributed by atoms with Crippen LogP contribution in [0.5, 0.6) is 0 Å². The molecule has 7 nitrogen and oxygen atoms in total. The summed E-state index contributed by atoms with van der Waals surface area (Å²) in [7, 11) is 0. The molecule has 0 unspecified atom stereocenters. The minimum Gasteiger partial charge on any atom is -0.441 e. The van der Waals surface area contributed by atoms with Gasteiger partial charge in [0.05, 0.1) is 11.4 Å². The molecule has 0 bridgehead atoms. The largest absolute Gasteiger partial charge is 0.441 e. The van der Waals surface area contributed by atoms with Gasteiger partial charge in [-0.2, -0.15) is 0 Å². The number of aliphatic hydroxyl groups excluding tert-OH is 1. The topological polar surface area (TPSA) is 101 Å². The molecule has 0 spiro atoms. The minimum atomic E-state index is -0.410. The van der Waals surface area contributed by atoms with E-state index >= 15 is 0 Å². The first kappa shape index (κ1) is 24.8. The normalized spacial score (nSPS) is 11.5. The molecule has 0 fully saturated rings. The fourth-order valence-electron chi connectivity index (χ4n) is 3.53. The molecule has 1 aromatic heterocycles. The molecule has 7 heteroatoms. The molecule has 0 saturated carbocycles. The summed E-state index contributed by atoms with van der Waals surface area (Å²) >= 11 is 0. The second-order valence-electron chi connectivity index (χ2n) is 7.95. The Bertz CT molecular complexity index is 1070. The third-order valence-corrected chi connectivity index (χ3v) is 5.46. The first-order valence-electron chi connectivity index (χ1n) is 11.4. The van der Waals surface area contributed by atoms with E-state index in [4.69, 9.17) is 10.5 Å². The number of nitrogen functional groups attached to an aromatic ring is 1. The van der Waals surface area contributed by atoms with Gasteiger partial charge in [0, 0.05) is 37.8 Å². The number of nitrogens with one attached hydrogen (secondary N) is 1. The number of pyridine rings is 1. The maximum atomic E-state index is 13.0. The van der Waals surface area contributed by atoms with E-state index in [1.54, 1.807) is 17.3 Å². The summed E-state index contributed by atoms with van der Waals surface area (Å²) in [6.07, 6.45) is 3.70. The molecule has 4 N–H and O–H groups in total. The molecule has 0 aliphatic heterocycles. The van der Waals surface area contributed by atoms with E-state index in [2.05, 4.69) is 16.9 Å². The quantitative estimate of drug-likeness (QED) is 0.339. The lowest BCUT2D eigenvalue weighted by Gasteiger charge is -2.25. The Kier molecular flexibility index (Phi) is 9.05. The first-order chi connectivity index (χ1) is 16.5. The van der Waals surface area contributed by atoms with E-state index in [1.807, 2.05) is 67.6 Å². The monoisotopic (exact) mass is 460 g/mol. The fourth-order valence-corrected chi connectivity index (χ4v) is 3.53. The molecular weight excluding hydrogens is 428 g/mol. The Labute approximate surface area is 200 Å². The third kappa shape index (κ3) is 6.83. The standard InChI is InChI=1S/C27H32N4O3/c1-3-26(34-27(33)31(17-6-18-32)19-21-13-15-29-16-14-21)23-11-9-22(10-12-23)20(2)30-25-8-5-4-7-24(25)28/h4-5,7-16,26,30,32H,2-3,6,17-19,28H2,1H3/t26-/m0/s1. The Morgan fingerprint density at radius 2 is 1.85 bits per heavy atom. The summed E-state index contributed by atoms with van der Waals surface area (Å²) in [5.74, 6) is 0. The lowest BCUT2D eigenvalue weighted by Crippen LogP contribution is -2.33. The molecule has 0 aliphatic carbocycles. The smallest absolute Gasteiger partial charge is 0.410 e. The number of hydrogen-bond donors (Lipinski definition) is 3. The average molecular weight is 461 g/mol. The van der Waals surface area contributed by atoms with Crippen LogP contribution in [0, 0.1) is 0 Å². The molecule has 0 saturated heterocycles. The van der Waals surface area contributed by atoms with Gasteiger partial charge in [0.2, 0.25) is 0 Å². The Hall–Kier alpha value is -3.84. The number of rotatable bonds is 11. The predicted octanol–water partition coefficient (Wildman–Crippen LogP) is 5.22. The van der Waals surface area contributed by atoms with Gasteiger partial charge in [0.1, 0.15) is 6.10 Å². The molecule has 2 aromatic carbocycles. The van der Waals surface area contributed by atoms with Crippen molar-refractivity contribution < 1.29 is 14.6 Å². The molecule has 3 aromatic rings. The van der Waals surface area contributed by atoms with Gasteiger partial charge < -0.3 is 25.8 Å². The van der Waals surface area contributed by atoms with Crippen LogP contribution in [0.25, 0.3) is 5.70 Å². The number of benzene rings is 2. The Morgan fingerprint density at radius 3 is 2.50 bits per heavy atom. The van der Waals surface area contributed by atoms with E-state index in [0.717, 1.165) is 28.1 Å². The van der Waals surface area contributed by atoms with Crippen molar-refractivity contribution >= 4 is 23.2 Å². The van der Waals surface area contributed by atoms with Crippen molar-refractivity contribution in [1.82, 2.24) is 9.88 Å². The van der Waals surface area contributed by atoms with Gasteiger partial charge in [0.15, 0.2) is 0 Å². The molecule has 34 heavy (non-hydrogen) atoms. The van der Waals surface area contributed by atoms with Gasteiger partial charge in [-0.15, -0.1) is 0 Å². The molecule has 3 rings (SSSR count). The minimum absolute atomic E-state index is 0.00530. The van der Waals surface area contributed by atoms with Crippen LogP contribution in [0.4, 0.5) is 16.2 Å². The summed E-state index contributed by atoms with van der Waals surface area (Å²) in [5.41, 5.74) is 10.9. The van der Waals surface area contributed by atoms with E-state index < -0.39 is 6.09 Å². The highest BCUT2D eigenvalue weighted by molar-refractivity contribution is 5.80. The van der Waals surface area contributed by atoms with Crippen molar-refractivity contribution in [3.8, 4) is 0 Å². The van der Waals surface area contributed by atoms with Crippen LogP contribution < -0.4 is 11.1 Å². The van der Waals surface area contributed by atoms with Crippen LogP contribution in [0.15, 0.2) is 79.6 Å². The van der Waals surface area contributed by atoms with Crippen LogP contribution >= 0.6 is 0 Å². The second kappa shape index (κ2) is 12.4. The summed E-state index contributed by atoms with van der Waals surface area (Å²) in [6, 6.07) is 19.0. The zero-order chi connectivity index (χ0) is 24.3. The van der Waals surface area contributed by atoms with E-state index in [-0.39, 0.29) is 12.7 Å². The fraction of sp³-hybridized carbons (Fsp3) is 0.259. The number of carbonyl (C=O) groups excluding carboxylic acids is 1. The number of amides is 1. The lowest BCUT2D eigenvalue weighted by atomic mass is 10.0. The molecule has 0 radical (unpaired) electrons. The number of nitrogens with zero attached hydrogens (tertiary/aromatic N) is 2. The molecule has 178 valence electrons. The number of aromatic nitrogens is 1. The summed E-state index contributed by atoms with van der Waals surface area (Å²) in [5, 5.41) is 12.5. The first-order valence-corrected chi connectivity index (χ1v) is 11.4. The maximum Gasteiger partial charge on any atom is 0.410 e. The molecule has 1 atom stereocenters. The summed E-state index contributed by atoms with van der Waals surface area (Å²) in [4.78, 5) is 18.6. The molecule has 0 aliphatic rings. The number of para-hydroxylation sites is 2. The highest BCUT2D eigenvalue weighted by Crippen LogP contribution is 2.26. The van der Waals surface area contributed by atoms with Crippen LogP contribution in [0.2, 0.25) is 0 Å². The van der Waals surface area contributed by atoms with Crippen LogP contribution in [-0.2, 0) is 11.3 Å². The van der Waals surface area contributed by atoms with Crippen LogP contribution in [0.3, 0.4) is 0 Å². The van der Waals surface area contributed by atoms with Crippen molar-refractivity contribution in [1.29, 1.82) is 0 Å². The van der Waals surface area contributed by atoms with Gasteiger partial charge in [-0.25, -0.2) is 4.79 Å². The SMILES string of the molecule is C=C(Nc1ccccc1N)c1ccc([C@H](CC)OC(=O)N(CCCO)Cc2ccncc2)cc1. The van der Waals surface area contributed by atoms with E-state index in [0.29, 0.717) is 31.6 Å². The van der Waals surface area contributed by atoms with Gasteiger partial charge in [-0.05, 0) is 53.8 Å². The average Bonchev–Trinajstić information content (AvgIpc) is 2.87. The zero-order valence-corrected chi connectivity index (χ0v) is 19.5. The van der Waals surface area contributed by atoms with Crippen LogP contribution in [-0.4, -0.2) is 34.2 Å². The van der Waals surface area contributed by atoms with Gasteiger partial charge >= 0.3 is 6.09 Å². The highest BCUT2D eigenvalue weighted by atomic mass is 16.6. The van der Waals surface area contributed by atoms with Gasteiger partial charge in [-0.3, -0.25) is 4.98 Å². The molecule has 1 amide bonds. The molecular formula is C27H32N4O3. The van der Waals surface area contributed by atoms with E-state index in [9.17, 15) is 9.90 Å². The van der Waals surface area contributed by atoms with Crippen LogP contribution in [0.1, 0.15) is 42.6 Å². The van der Waals surface area contributed by atoms with Crippen molar-refractivity contribution in [2.45, 2.75) is 32.4 Å². The number of hydrogen-bond acceptors (Lipinski definition) is 6. The third-order valence-electron chi connectivity index (χ3n) is 5.46. The van der Waals surface area contributed by atoms with Crippen molar-refractivity contribution in [2.75, 3.05) is 24.2 Å². The van der Waals surface area contributed by atoms with E-state index in [1.165, 1.54) is 0 Å². The number of carbonyl (C=O) groups is 1. The number of aliphatic hydroxyl groups is 1. The highest BCUT2D eigenvalue weighted by Gasteiger charge is 2.21. The summed E-state index contributed by atoms with van der Waals surface area (Å²) < 4.78 is 5.86. The van der Waals surface area contributed by atoms with Gasteiger partial charge in [-0.1, -0.05) is 49.9 Å². The van der Waals surface area contributed by atoms with Crippen molar-refractivity contribution in [3.63, 3.8) is 0 Å². The summed E-state index contributed by atoms with van der Waals surface area (Å²) in [6.45, 7) is 6.89. The Morgan fingerprint density at radius 1 is 1.15 bits per heavy atom. The second-order valence-corrected chi connectivity index (χ2v) is 7.95. The van der Waals surface area contributed by atoms with Crippen molar-refractivity contribution in [2.24, 2.45) is 0 Å². The maximum absolute atomic E-state index is 13.0. The Balaban J connectivity index is 1.66.